The minimum atomic E-state index is -2.88. The molecule has 0 aliphatic carbocycles. The maximum atomic E-state index is 10.5. The molecule has 1 saturated heterocycles. The third-order valence-electron chi connectivity index (χ3n) is 1.75. The number of hydrogen-bond donors (Lipinski definition) is 3. The van der Waals surface area contributed by atoms with Gasteiger partial charge in [0.2, 0.25) is 0 Å². The van der Waals surface area contributed by atoms with Gasteiger partial charge in [-0.3, -0.25) is 9.69 Å². The van der Waals surface area contributed by atoms with Crippen LogP contribution in [0.25, 0.3) is 0 Å². The van der Waals surface area contributed by atoms with Crippen LogP contribution in [0, 0.1) is 0 Å². The third kappa shape index (κ3) is 2.43. The van der Waals surface area contributed by atoms with Crippen LogP contribution in [0.5, 0.6) is 0 Å². The molecule has 1 heterocycles. The van der Waals surface area contributed by atoms with Gasteiger partial charge >= 0.3 is 14.2 Å². The van der Waals surface area contributed by atoms with Crippen LogP contribution >= 0.6 is 8.25 Å². The highest BCUT2D eigenvalue weighted by Gasteiger charge is 2.40. The molecule has 1 rings (SSSR count). The van der Waals surface area contributed by atoms with Crippen LogP contribution in [0.4, 0.5) is 0 Å². The lowest BCUT2D eigenvalue weighted by Gasteiger charge is -2.18. The van der Waals surface area contributed by atoms with E-state index in [4.69, 9.17) is 15.1 Å². The lowest BCUT2D eigenvalue weighted by atomic mass is 10.2. The molecule has 1 fully saturated rings. The first-order chi connectivity index (χ1) is 6.02. The Morgan fingerprint density at radius 3 is 2.69 bits per heavy atom. The van der Waals surface area contributed by atoms with Gasteiger partial charge in [-0.05, 0) is 6.42 Å². The molecule has 0 amide bonds. The molecule has 13 heavy (non-hydrogen) atoms. The Labute approximate surface area is 74.4 Å². The van der Waals surface area contributed by atoms with Crippen molar-refractivity contribution in [2.24, 2.45) is 0 Å². The second kappa shape index (κ2) is 4.08. The lowest BCUT2D eigenvalue weighted by Crippen LogP contribution is -2.40. The summed E-state index contributed by atoms with van der Waals surface area (Å²) in [5.41, 5.74) is 0. The number of nitrogens with zero attached hydrogens (tertiary/aromatic N) is 1. The molecule has 75 valence electrons. The number of hydroxylamine groups is 2. The zero-order chi connectivity index (χ0) is 10.0. The van der Waals surface area contributed by atoms with Crippen molar-refractivity contribution in [1.29, 1.82) is 0 Å². The smallest absolute Gasteiger partial charge is 0.384 e. The summed E-state index contributed by atoms with van der Waals surface area (Å²) < 4.78 is 14.6. The number of hydrogen-bond acceptors (Lipinski definition) is 5. The molecule has 1 aliphatic heterocycles. The second-order valence-electron chi connectivity index (χ2n) is 2.60. The van der Waals surface area contributed by atoms with Crippen LogP contribution in [-0.4, -0.2) is 44.8 Å². The summed E-state index contributed by atoms with van der Waals surface area (Å²) in [7, 11) is -2.88. The lowest BCUT2D eigenvalue weighted by molar-refractivity contribution is -0.160. The minimum Gasteiger partial charge on any atom is -0.480 e. The van der Waals surface area contributed by atoms with Crippen molar-refractivity contribution >= 4 is 14.2 Å². The Bertz CT molecular complexity index is 233. The molecule has 1 radical (unpaired) electrons. The van der Waals surface area contributed by atoms with E-state index in [0.717, 1.165) is 5.06 Å². The van der Waals surface area contributed by atoms with E-state index < -0.39 is 26.4 Å². The second-order valence-corrected chi connectivity index (χ2v) is 3.24. The molecule has 7 nitrogen and oxygen atoms in total. The Balaban J connectivity index is 2.64. The van der Waals surface area contributed by atoms with Crippen molar-refractivity contribution in [3.8, 4) is 0 Å². The van der Waals surface area contributed by atoms with Gasteiger partial charge in [-0.15, -0.1) is 0 Å². The van der Waals surface area contributed by atoms with Gasteiger partial charge in [0.05, 0.1) is 6.10 Å². The summed E-state index contributed by atoms with van der Waals surface area (Å²) in [6.07, 6.45) is -0.854. The standard InChI is InChI=1S/C5H9NO6P/c7-3-1-2-6(12-13(10)11)4(3)5(8)9/h3-4,7H,1-2H2,(H,8,9)(H,10,11)/t3?,4-/m0/s1. The van der Waals surface area contributed by atoms with Gasteiger partial charge in [-0.1, -0.05) is 0 Å². The largest absolute Gasteiger partial charge is 0.480 e. The van der Waals surface area contributed by atoms with E-state index >= 15 is 0 Å². The number of carboxylic acids is 1. The van der Waals surface area contributed by atoms with Crippen LogP contribution in [0.1, 0.15) is 6.42 Å². The number of aliphatic hydroxyl groups excluding tert-OH is 1. The van der Waals surface area contributed by atoms with E-state index in [1.54, 1.807) is 0 Å². The van der Waals surface area contributed by atoms with E-state index in [2.05, 4.69) is 4.62 Å². The molecule has 8 heteroatoms. The van der Waals surface area contributed by atoms with Crippen molar-refractivity contribution in [3.05, 3.63) is 0 Å². The topological polar surface area (TPSA) is 107 Å². The molecule has 0 bridgehead atoms. The van der Waals surface area contributed by atoms with Gasteiger partial charge < -0.3 is 10.2 Å². The van der Waals surface area contributed by atoms with Gasteiger partial charge in [0.25, 0.3) is 0 Å². The molecule has 0 saturated carbocycles. The predicted octanol–water partition coefficient (Wildman–Crippen LogP) is -0.913. The molecule has 0 aromatic carbocycles. The normalized spacial score (nSPS) is 30.5. The van der Waals surface area contributed by atoms with Gasteiger partial charge in [0, 0.05) is 6.54 Å². The SMILES string of the molecule is O=C(O)[C@@H]1C(O)CCN1O[P](=O)O. The molecular weight excluding hydrogens is 201 g/mol. The number of carboxylic acid groups (broad SMARTS) is 1. The fourth-order valence-electron chi connectivity index (χ4n) is 1.22. The monoisotopic (exact) mass is 210 g/mol. The summed E-state index contributed by atoms with van der Waals surface area (Å²) in [5, 5.41) is 18.6. The highest BCUT2D eigenvalue weighted by molar-refractivity contribution is 7.32. The van der Waals surface area contributed by atoms with Crippen LogP contribution in [-0.2, 0) is 14.0 Å². The average molecular weight is 210 g/mol. The predicted molar refractivity (Wildman–Crippen MR) is 39.7 cm³/mol. The molecule has 0 aromatic heterocycles. The Morgan fingerprint density at radius 2 is 2.23 bits per heavy atom. The van der Waals surface area contributed by atoms with Crippen molar-refractivity contribution in [1.82, 2.24) is 5.06 Å². The summed E-state index contributed by atoms with van der Waals surface area (Å²) in [6.45, 7) is 0.125. The number of aliphatic hydroxyl groups is 1. The Morgan fingerprint density at radius 1 is 1.62 bits per heavy atom. The first-order valence-electron chi connectivity index (χ1n) is 3.54. The molecule has 2 unspecified atom stereocenters. The maximum Gasteiger partial charge on any atom is 0.384 e. The van der Waals surface area contributed by atoms with Crippen LogP contribution < -0.4 is 0 Å². The van der Waals surface area contributed by atoms with Crippen molar-refractivity contribution in [2.45, 2.75) is 18.6 Å². The van der Waals surface area contributed by atoms with Crippen LogP contribution in [0.2, 0.25) is 0 Å². The van der Waals surface area contributed by atoms with Crippen LogP contribution in [0.3, 0.4) is 0 Å². The molecule has 3 N–H and O–H groups in total. The van der Waals surface area contributed by atoms with Crippen molar-refractivity contribution in [2.75, 3.05) is 6.54 Å². The number of rotatable bonds is 3. The Hall–Kier alpha value is -0.590. The fourth-order valence-corrected chi connectivity index (χ4v) is 1.58. The zero-order valence-electron chi connectivity index (χ0n) is 6.53. The van der Waals surface area contributed by atoms with Gasteiger partial charge in [0.15, 0.2) is 6.04 Å². The maximum absolute atomic E-state index is 10.5. The Kier molecular flexibility index (Phi) is 3.29. The van der Waals surface area contributed by atoms with E-state index in [-0.39, 0.29) is 13.0 Å². The average Bonchev–Trinajstić information content (AvgIpc) is 2.30. The number of carbonyl (C=O) groups is 1. The van der Waals surface area contributed by atoms with Gasteiger partial charge in [-0.2, -0.15) is 9.69 Å². The fraction of sp³-hybridized carbons (Fsp3) is 0.800. The van der Waals surface area contributed by atoms with E-state index in [1.165, 1.54) is 0 Å². The first kappa shape index (κ1) is 10.5. The molecule has 0 spiro atoms. The highest BCUT2D eigenvalue weighted by Crippen LogP contribution is 2.26. The molecular formula is C5H9NO6P. The quantitative estimate of drug-likeness (QED) is 0.517. The summed E-state index contributed by atoms with van der Waals surface area (Å²) in [6, 6.07) is -1.26. The van der Waals surface area contributed by atoms with Crippen molar-refractivity contribution in [3.63, 3.8) is 0 Å². The van der Waals surface area contributed by atoms with E-state index in [9.17, 15) is 9.36 Å². The van der Waals surface area contributed by atoms with E-state index in [0.29, 0.717) is 0 Å². The molecule has 3 atom stereocenters. The first-order valence-corrected chi connectivity index (χ1v) is 4.67. The minimum absolute atomic E-state index is 0.125. The summed E-state index contributed by atoms with van der Waals surface area (Å²) in [5.74, 6) is -1.28. The van der Waals surface area contributed by atoms with Crippen LogP contribution in [0.15, 0.2) is 0 Å². The molecule has 1 aliphatic rings. The highest BCUT2D eigenvalue weighted by atomic mass is 31.1. The number of aliphatic carboxylic acids is 1. The van der Waals surface area contributed by atoms with Gasteiger partial charge in [-0.25, -0.2) is 4.57 Å². The van der Waals surface area contributed by atoms with E-state index in [1.807, 2.05) is 0 Å². The van der Waals surface area contributed by atoms with Crippen molar-refractivity contribution < 1.29 is 29.1 Å². The van der Waals surface area contributed by atoms with Gasteiger partial charge in [0.1, 0.15) is 0 Å². The third-order valence-corrected chi connectivity index (χ3v) is 2.10. The summed E-state index contributed by atoms with van der Waals surface area (Å²) in [4.78, 5) is 18.9. The molecule has 0 aromatic rings. The zero-order valence-corrected chi connectivity index (χ0v) is 7.42. The summed E-state index contributed by atoms with van der Waals surface area (Å²) >= 11 is 0.